The molecule has 2 rings (SSSR count). The minimum atomic E-state index is -0.476. The molecular formula is C14H13NO4. The summed E-state index contributed by atoms with van der Waals surface area (Å²) >= 11 is 0. The Bertz CT molecular complexity index is 610. The second kappa shape index (κ2) is 5.39. The molecule has 0 aliphatic carbocycles. The molecule has 19 heavy (non-hydrogen) atoms. The zero-order valence-electron chi connectivity index (χ0n) is 10.6. The van der Waals surface area contributed by atoms with Crippen LogP contribution < -0.4 is 9.47 Å². The Labute approximate surface area is 110 Å². The third kappa shape index (κ3) is 2.82. The second-order valence-corrected chi connectivity index (χ2v) is 3.98. The van der Waals surface area contributed by atoms with Gasteiger partial charge in [-0.15, -0.1) is 0 Å². The molecule has 0 heterocycles. The molecule has 0 aromatic heterocycles. The number of nitro benzene ring substituents is 1. The summed E-state index contributed by atoms with van der Waals surface area (Å²) in [7, 11) is 1.53. The maximum atomic E-state index is 10.9. The van der Waals surface area contributed by atoms with Crippen molar-refractivity contribution in [2.75, 3.05) is 7.11 Å². The normalized spacial score (nSPS) is 10.0. The molecule has 0 saturated carbocycles. The van der Waals surface area contributed by atoms with Crippen LogP contribution in [0.4, 0.5) is 5.69 Å². The van der Waals surface area contributed by atoms with Crippen molar-refractivity contribution in [3.05, 3.63) is 58.1 Å². The van der Waals surface area contributed by atoms with Crippen LogP contribution in [0.3, 0.4) is 0 Å². The van der Waals surface area contributed by atoms with Crippen molar-refractivity contribution in [3.8, 4) is 17.2 Å². The second-order valence-electron chi connectivity index (χ2n) is 3.98. The number of hydrogen-bond donors (Lipinski definition) is 0. The Morgan fingerprint density at radius 3 is 2.47 bits per heavy atom. The van der Waals surface area contributed by atoms with Gasteiger partial charge in [-0.1, -0.05) is 18.2 Å². The number of rotatable bonds is 4. The largest absolute Gasteiger partial charge is 0.493 e. The van der Waals surface area contributed by atoms with Gasteiger partial charge in [-0.3, -0.25) is 10.1 Å². The van der Waals surface area contributed by atoms with Crippen LogP contribution in [0.2, 0.25) is 0 Å². The average Bonchev–Trinajstić information content (AvgIpc) is 2.41. The van der Waals surface area contributed by atoms with Crippen molar-refractivity contribution in [3.63, 3.8) is 0 Å². The van der Waals surface area contributed by atoms with Crippen molar-refractivity contribution in [2.24, 2.45) is 0 Å². The van der Waals surface area contributed by atoms with E-state index in [1.807, 2.05) is 19.1 Å². The average molecular weight is 259 g/mol. The lowest BCUT2D eigenvalue weighted by Crippen LogP contribution is -1.95. The standard InChI is InChI=1S/C14H13NO4/c1-10-7-8-13(14(9-10)18-2)19-12-6-4-3-5-11(12)15(16)17/h3-9H,1-2H3. The van der Waals surface area contributed by atoms with E-state index in [1.54, 1.807) is 24.3 Å². The van der Waals surface area contributed by atoms with Gasteiger partial charge in [-0.05, 0) is 30.7 Å². The monoisotopic (exact) mass is 259 g/mol. The number of ether oxygens (including phenoxy) is 2. The van der Waals surface area contributed by atoms with E-state index in [4.69, 9.17) is 9.47 Å². The van der Waals surface area contributed by atoms with Crippen LogP contribution in [-0.2, 0) is 0 Å². The van der Waals surface area contributed by atoms with E-state index in [-0.39, 0.29) is 11.4 Å². The summed E-state index contributed by atoms with van der Waals surface area (Å²) in [5.41, 5.74) is 0.942. The van der Waals surface area contributed by atoms with Gasteiger partial charge in [0.25, 0.3) is 0 Å². The maximum Gasteiger partial charge on any atom is 0.311 e. The number of nitrogens with zero attached hydrogens (tertiary/aromatic N) is 1. The van der Waals surface area contributed by atoms with E-state index in [0.29, 0.717) is 11.5 Å². The first-order valence-corrected chi connectivity index (χ1v) is 5.67. The lowest BCUT2D eigenvalue weighted by atomic mass is 10.2. The molecular weight excluding hydrogens is 246 g/mol. The van der Waals surface area contributed by atoms with E-state index < -0.39 is 4.92 Å². The van der Waals surface area contributed by atoms with Crippen LogP contribution in [0.15, 0.2) is 42.5 Å². The summed E-state index contributed by atoms with van der Waals surface area (Å²) in [6.07, 6.45) is 0. The molecule has 0 atom stereocenters. The van der Waals surface area contributed by atoms with Gasteiger partial charge >= 0.3 is 5.69 Å². The molecule has 0 N–H and O–H groups in total. The van der Waals surface area contributed by atoms with E-state index in [2.05, 4.69) is 0 Å². The number of benzene rings is 2. The van der Waals surface area contributed by atoms with Crippen molar-refractivity contribution in [1.29, 1.82) is 0 Å². The van der Waals surface area contributed by atoms with Crippen molar-refractivity contribution < 1.29 is 14.4 Å². The van der Waals surface area contributed by atoms with Crippen LogP contribution in [0.25, 0.3) is 0 Å². The van der Waals surface area contributed by atoms with E-state index in [0.717, 1.165) is 5.56 Å². The lowest BCUT2D eigenvalue weighted by molar-refractivity contribution is -0.385. The molecule has 0 fully saturated rings. The molecule has 0 spiro atoms. The van der Waals surface area contributed by atoms with Gasteiger partial charge in [-0.25, -0.2) is 0 Å². The van der Waals surface area contributed by atoms with E-state index in [9.17, 15) is 10.1 Å². The number of nitro groups is 1. The highest BCUT2D eigenvalue weighted by Crippen LogP contribution is 2.36. The minimum Gasteiger partial charge on any atom is -0.493 e. The Balaban J connectivity index is 2.39. The van der Waals surface area contributed by atoms with Crippen LogP contribution in [0.5, 0.6) is 17.2 Å². The summed E-state index contributed by atoms with van der Waals surface area (Å²) in [6.45, 7) is 1.93. The summed E-state index contributed by atoms with van der Waals surface area (Å²) in [5.74, 6) is 1.18. The Hall–Kier alpha value is -2.56. The smallest absolute Gasteiger partial charge is 0.311 e. The van der Waals surface area contributed by atoms with E-state index >= 15 is 0 Å². The summed E-state index contributed by atoms with van der Waals surface area (Å²) < 4.78 is 10.8. The van der Waals surface area contributed by atoms with Gasteiger partial charge in [0.2, 0.25) is 5.75 Å². The summed E-state index contributed by atoms with van der Waals surface area (Å²) in [6, 6.07) is 11.6. The number of para-hydroxylation sites is 2. The number of aryl methyl sites for hydroxylation is 1. The predicted octanol–water partition coefficient (Wildman–Crippen LogP) is 3.70. The van der Waals surface area contributed by atoms with Gasteiger partial charge in [0.05, 0.1) is 12.0 Å². The third-order valence-electron chi connectivity index (χ3n) is 2.60. The lowest BCUT2D eigenvalue weighted by Gasteiger charge is -2.10. The molecule has 0 saturated heterocycles. The van der Waals surface area contributed by atoms with Crippen LogP contribution >= 0.6 is 0 Å². The molecule has 0 unspecified atom stereocenters. The van der Waals surface area contributed by atoms with Crippen LogP contribution in [-0.4, -0.2) is 12.0 Å². The highest BCUT2D eigenvalue weighted by atomic mass is 16.6. The van der Waals surface area contributed by atoms with E-state index in [1.165, 1.54) is 13.2 Å². The molecule has 0 amide bonds. The van der Waals surface area contributed by atoms with Gasteiger partial charge in [0, 0.05) is 6.07 Å². The molecule has 2 aromatic carbocycles. The molecule has 5 heteroatoms. The van der Waals surface area contributed by atoms with Crippen molar-refractivity contribution >= 4 is 5.69 Å². The molecule has 0 radical (unpaired) electrons. The minimum absolute atomic E-state index is 0.0786. The zero-order valence-corrected chi connectivity index (χ0v) is 10.6. The highest BCUT2D eigenvalue weighted by molar-refractivity contribution is 5.51. The molecule has 98 valence electrons. The molecule has 0 aliphatic heterocycles. The highest BCUT2D eigenvalue weighted by Gasteiger charge is 2.16. The maximum absolute atomic E-state index is 10.9. The fourth-order valence-electron chi connectivity index (χ4n) is 1.67. The summed E-state index contributed by atoms with van der Waals surface area (Å²) in [5, 5.41) is 10.9. The fraction of sp³-hybridized carbons (Fsp3) is 0.143. The third-order valence-corrected chi connectivity index (χ3v) is 2.60. The SMILES string of the molecule is COc1cc(C)ccc1Oc1ccccc1[N+](=O)[O-]. The Morgan fingerprint density at radius 1 is 1.05 bits per heavy atom. The fourth-order valence-corrected chi connectivity index (χ4v) is 1.67. The predicted molar refractivity (Wildman–Crippen MR) is 70.9 cm³/mol. The number of hydrogen-bond acceptors (Lipinski definition) is 4. The van der Waals surface area contributed by atoms with Gasteiger partial charge in [-0.2, -0.15) is 0 Å². The Kier molecular flexibility index (Phi) is 3.66. The first kappa shape index (κ1) is 12.9. The molecule has 2 aromatic rings. The topological polar surface area (TPSA) is 61.6 Å². The summed E-state index contributed by atoms with van der Waals surface area (Å²) in [4.78, 5) is 10.4. The first-order valence-electron chi connectivity index (χ1n) is 5.67. The molecule has 0 bridgehead atoms. The van der Waals surface area contributed by atoms with Gasteiger partial charge in [0.1, 0.15) is 0 Å². The first-order chi connectivity index (χ1) is 9.11. The van der Waals surface area contributed by atoms with Crippen molar-refractivity contribution in [2.45, 2.75) is 6.92 Å². The van der Waals surface area contributed by atoms with Gasteiger partial charge in [0.15, 0.2) is 11.5 Å². The zero-order chi connectivity index (χ0) is 13.8. The molecule has 0 aliphatic rings. The number of methoxy groups -OCH3 is 1. The molecule has 5 nitrogen and oxygen atoms in total. The van der Waals surface area contributed by atoms with Crippen LogP contribution in [0.1, 0.15) is 5.56 Å². The van der Waals surface area contributed by atoms with Crippen molar-refractivity contribution in [1.82, 2.24) is 0 Å². The Morgan fingerprint density at radius 2 is 1.79 bits per heavy atom. The quantitative estimate of drug-likeness (QED) is 0.620. The van der Waals surface area contributed by atoms with Crippen LogP contribution in [0, 0.1) is 17.0 Å². The van der Waals surface area contributed by atoms with Gasteiger partial charge < -0.3 is 9.47 Å².